The first-order valence-corrected chi connectivity index (χ1v) is 10.8. The predicted molar refractivity (Wildman–Crippen MR) is 107 cm³/mol. The first-order valence-electron chi connectivity index (χ1n) is 9.97. The number of piperidine rings is 1. The van der Waals surface area contributed by atoms with Crippen molar-refractivity contribution in [2.45, 2.75) is 32.7 Å². The molecule has 2 saturated heterocycles. The van der Waals surface area contributed by atoms with E-state index in [1.807, 2.05) is 30.2 Å². The minimum absolute atomic E-state index is 0.0354. The highest BCUT2D eigenvalue weighted by molar-refractivity contribution is 7.12. The Balaban J connectivity index is 1.63. The van der Waals surface area contributed by atoms with Crippen molar-refractivity contribution in [3.63, 3.8) is 0 Å². The highest BCUT2D eigenvalue weighted by atomic mass is 32.1. The molecule has 1 aromatic rings. The van der Waals surface area contributed by atoms with Crippen molar-refractivity contribution in [3.8, 4) is 0 Å². The molecule has 0 aliphatic carbocycles. The molecule has 3 rings (SSSR count). The Labute approximate surface area is 170 Å². The fraction of sp³-hybridized carbons (Fsp3) is 0.650. The molecule has 0 saturated carbocycles. The molecule has 3 heterocycles. The van der Waals surface area contributed by atoms with E-state index in [0.29, 0.717) is 44.3 Å². The van der Waals surface area contributed by atoms with Gasteiger partial charge in [-0.3, -0.25) is 14.4 Å². The van der Waals surface area contributed by atoms with Crippen molar-refractivity contribution in [1.82, 2.24) is 15.1 Å². The lowest BCUT2D eigenvalue weighted by molar-refractivity contribution is -0.144. The van der Waals surface area contributed by atoms with Crippen LogP contribution in [0.2, 0.25) is 0 Å². The number of nitrogens with one attached hydrogen (secondary N) is 1. The van der Waals surface area contributed by atoms with E-state index in [-0.39, 0.29) is 29.6 Å². The first-order chi connectivity index (χ1) is 13.5. The Morgan fingerprint density at radius 1 is 1.18 bits per heavy atom. The zero-order chi connectivity index (χ0) is 20.1. The van der Waals surface area contributed by atoms with Gasteiger partial charge in [-0.15, -0.1) is 11.3 Å². The molecule has 7 nitrogen and oxygen atoms in total. The van der Waals surface area contributed by atoms with Gasteiger partial charge in [-0.25, -0.2) is 0 Å². The molecule has 3 amide bonds. The SMILES string of the molecule is CC(C)C(NC(=O)c1cccs1)C(=O)N1CCCC(C(=O)N2CCOCC2)C1. The van der Waals surface area contributed by atoms with E-state index in [4.69, 9.17) is 4.74 Å². The van der Waals surface area contributed by atoms with Gasteiger partial charge in [0.25, 0.3) is 5.91 Å². The van der Waals surface area contributed by atoms with Crippen LogP contribution in [-0.2, 0) is 14.3 Å². The zero-order valence-corrected chi connectivity index (χ0v) is 17.4. The van der Waals surface area contributed by atoms with E-state index in [0.717, 1.165) is 12.8 Å². The third-order valence-corrected chi connectivity index (χ3v) is 6.24. The van der Waals surface area contributed by atoms with Crippen LogP contribution in [0.5, 0.6) is 0 Å². The average Bonchev–Trinajstić information content (AvgIpc) is 3.26. The van der Waals surface area contributed by atoms with Gasteiger partial charge in [0.15, 0.2) is 0 Å². The summed E-state index contributed by atoms with van der Waals surface area (Å²) in [5.41, 5.74) is 0. The summed E-state index contributed by atoms with van der Waals surface area (Å²) in [4.78, 5) is 42.6. The van der Waals surface area contributed by atoms with Gasteiger partial charge in [-0.1, -0.05) is 19.9 Å². The summed E-state index contributed by atoms with van der Waals surface area (Å²) in [6, 6.07) is 2.98. The molecule has 0 radical (unpaired) electrons. The van der Waals surface area contributed by atoms with Gasteiger partial charge in [-0.05, 0) is 30.2 Å². The van der Waals surface area contributed by atoms with Crippen LogP contribution in [-0.4, -0.2) is 73.0 Å². The predicted octanol–water partition coefficient (Wildman–Crippen LogP) is 1.60. The van der Waals surface area contributed by atoms with Gasteiger partial charge >= 0.3 is 0 Å². The van der Waals surface area contributed by atoms with Crippen molar-refractivity contribution in [3.05, 3.63) is 22.4 Å². The van der Waals surface area contributed by atoms with Crippen molar-refractivity contribution in [2.24, 2.45) is 11.8 Å². The number of hydrogen-bond acceptors (Lipinski definition) is 5. The topological polar surface area (TPSA) is 79.0 Å². The quantitative estimate of drug-likeness (QED) is 0.804. The second kappa shape index (κ2) is 9.52. The number of rotatable bonds is 5. The van der Waals surface area contributed by atoms with Crippen molar-refractivity contribution < 1.29 is 19.1 Å². The molecular formula is C20H29N3O4S. The summed E-state index contributed by atoms with van der Waals surface area (Å²) in [5, 5.41) is 4.73. The lowest BCUT2D eigenvalue weighted by atomic mass is 9.94. The number of carbonyl (C=O) groups excluding carboxylic acids is 3. The van der Waals surface area contributed by atoms with Gasteiger partial charge in [0.2, 0.25) is 11.8 Å². The first kappa shape index (κ1) is 20.8. The maximum Gasteiger partial charge on any atom is 0.262 e. The molecule has 2 atom stereocenters. The number of ether oxygens (including phenoxy) is 1. The number of carbonyl (C=O) groups is 3. The number of likely N-dealkylation sites (tertiary alicyclic amines) is 1. The summed E-state index contributed by atoms with van der Waals surface area (Å²) in [6.45, 7) is 7.30. The van der Waals surface area contributed by atoms with Crippen LogP contribution < -0.4 is 5.32 Å². The second-order valence-corrected chi connectivity index (χ2v) is 8.68. The van der Waals surface area contributed by atoms with Gasteiger partial charge in [0, 0.05) is 26.2 Å². The van der Waals surface area contributed by atoms with Gasteiger partial charge in [0.05, 0.1) is 24.0 Å². The molecule has 2 aliphatic heterocycles. The van der Waals surface area contributed by atoms with Crippen LogP contribution in [0.4, 0.5) is 0 Å². The van der Waals surface area contributed by atoms with Crippen LogP contribution in [0.25, 0.3) is 0 Å². The Hall–Kier alpha value is -1.93. The molecule has 8 heteroatoms. The minimum atomic E-state index is -0.591. The number of amides is 3. The zero-order valence-electron chi connectivity index (χ0n) is 16.6. The van der Waals surface area contributed by atoms with E-state index in [1.165, 1.54) is 11.3 Å². The fourth-order valence-electron chi connectivity index (χ4n) is 3.75. The van der Waals surface area contributed by atoms with Gasteiger partial charge < -0.3 is 19.9 Å². The Morgan fingerprint density at radius 3 is 2.57 bits per heavy atom. The lowest BCUT2D eigenvalue weighted by Gasteiger charge is -2.38. The molecule has 2 unspecified atom stereocenters. The van der Waals surface area contributed by atoms with Crippen molar-refractivity contribution >= 4 is 29.1 Å². The van der Waals surface area contributed by atoms with Gasteiger partial charge in [-0.2, -0.15) is 0 Å². The highest BCUT2D eigenvalue weighted by Gasteiger charge is 2.35. The molecule has 0 aromatic carbocycles. The summed E-state index contributed by atoms with van der Waals surface area (Å²) in [6.07, 6.45) is 1.60. The second-order valence-electron chi connectivity index (χ2n) is 7.73. The summed E-state index contributed by atoms with van der Waals surface area (Å²) >= 11 is 1.35. The molecular weight excluding hydrogens is 378 g/mol. The number of nitrogens with zero attached hydrogens (tertiary/aromatic N) is 2. The summed E-state index contributed by atoms with van der Waals surface area (Å²) < 4.78 is 5.32. The van der Waals surface area contributed by atoms with E-state index in [2.05, 4.69) is 5.32 Å². The van der Waals surface area contributed by atoms with Crippen LogP contribution in [0.3, 0.4) is 0 Å². The molecule has 2 fully saturated rings. The molecule has 154 valence electrons. The van der Waals surface area contributed by atoms with Crippen LogP contribution in [0.15, 0.2) is 17.5 Å². The fourth-order valence-corrected chi connectivity index (χ4v) is 4.38. The van der Waals surface area contributed by atoms with E-state index >= 15 is 0 Å². The Bertz CT molecular complexity index is 686. The van der Waals surface area contributed by atoms with Crippen molar-refractivity contribution in [1.29, 1.82) is 0 Å². The van der Waals surface area contributed by atoms with Crippen LogP contribution in [0.1, 0.15) is 36.4 Å². The lowest BCUT2D eigenvalue weighted by Crippen LogP contribution is -2.55. The minimum Gasteiger partial charge on any atom is -0.378 e. The normalized spacial score (nSPS) is 21.5. The number of hydrogen-bond donors (Lipinski definition) is 1. The van der Waals surface area contributed by atoms with Crippen LogP contribution >= 0.6 is 11.3 Å². The van der Waals surface area contributed by atoms with E-state index in [9.17, 15) is 14.4 Å². The highest BCUT2D eigenvalue weighted by Crippen LogP contribution is 2.21. The maximum absolute atomic E-state index is 13.2. The van der Waals surface area contributed by atoms with E-state index in [1.54, 1.807) is 11.0 Å². The summed E-state index contributed by atoms with van der Waals surface area (Å²) in [5.74, 6) is -0.410. The number of morpholine rings is 1. The molecule has 0 bridgehead atoms. The average molecular weight is 408 g/mol. The van der Waals surface area contributed by atoms with Gasteiger partial charge in [0.1, 0.15) is 6.04 Å². The molecule has 0 spiro atoms. The number of thiophene rings is 1. The van der Waals surface area contributed by atoms with E-state index < -0.39 is 6.04 Å². The monoisotopic (exact) mass is 407 g/mol. The smallest absolute Gasteiger partial charge is 0.262 e. The third-order valence-electron chi connectivity index (χ3n) is 5.37. The Morgan fingerprint density at radius 2 is 1.93 bits per heavy atom. The Kier molecular flexibility index (Phi) is 7.07. The largest absolute Gasteiger partial charge is 0.378 e. The van der Waals surface area contributed by atoms with Crippen LogP contribution in [0, 0.1) is 11.8 Å². The van der Waals surface area contributed by atoms with Crippen molar-refractivity contribution in [2.75, 3.05) is 39.4 Å². The molecule has 28 heavy (non-hydrogen) atoms. The molecule has 1 N–H and O–H groups in total. The molecule has 2 aliphatic rings. The third kappa shape index (κ3) is 4.91. The maximum atomic E-state index is 13.2. The standard InChI is InChI=1S/C20H29N3O4S/c1-14(2)17(21-18(24)16-6-4-12-28-16)20(26)23-7-3-5-15(13-23)19(25)22-8-10-27-11-9-22/h4,6,12,14-15,17H,3,5,7-11,13H2,1-2H3,(H,21,24). The summed E-state index contributed by atoms with van der Waals surface area (Å²) in [7, 11) is 0. The molecule has 1 aromatic heterocycles.